The molecule has 0 aliphatic carbocycles. The van der Waals surface area contributed by atoms with Gasteiger partial charge in [0.15, 0.2) is 5.65 Å². The molecule has 4 aromatic rings. The molecule has 0 unspecified atom stereocenters. The van der Waals surface area contributed by atoms with E-state index in [1.165, 1.54) is 24.5 Å². The summed E-state index contributed by atoms with van der Waals surface area (Å²) in [6.07, 6.45) is 1.57. The minimum atomic E-state index is -4.58. The molecule has 0 saturated carbocycles. The molecule has 0 bridgehead atoms. The van der Waals surface area contributed by atoms with Gasteiger partial charge in [0.2, 0.25) is 0 Å². The largest absolute Gasteiger partial charge is 0.416 e. The summed E-state index contributed by atoms with van der Waals surface area (Å²) in [5.74, 6) is 5.25. The topological polar surface area (TPSA) is 78.7 Å². The van der Waals surface area contributed by atoms with Crippen LogP contribution in [0.4, 0.5) is 18.9 Å². The normalized spacial score (nSPS) is 14.7. The maximum atomic E-state index is 13.9. The van der Waals surface area contributed by atoms with E-state index in [2.05, 4.69) is 37.1 Å². The fraction of sp³-hybridized carbons (Fsp3) is 0.259. The molecule has 0 spiro atoms. The second-order valence-electron chi connectivity index (χ2n) is 9.05. The highest BCUT2D eigenvalue weighted by atomic mass is 19.4. The van der Waals surface area contributed by atoms with Gasteiger partial charge in [-0.05, 0) is 48.9 Å². The van der Waals surface area contributed by atoms with E-state index < -0.39 is 17.6 Å². The van der Waals surface area contributed by atoms with Gasteiger partial charge in [0.1, 0.15) is 5.69 Å². The summed E-state index contributed by atoms with van der Waals surface area (Å²) < 4.78 is 43.3. The van der Waals surface area contributed by atoms with E-state index >= 15 is 0 Å². The highest BCUT2D eigenvalue weighted by molar-refractivity contribution is 6.04. The van der Waals surface area contributed by atoms with Gasteiger partial charge >= 0.3 is 6.18 Å². The molecule has 1 aromatic carbocycles. The van der Waals surface area contributed by atoms with Crippen LogP contribution >= 0.6 is 0 Å². The first kappa shape index (κ1) is 25.4. The van der Waals surface area contributed by atoms with Crippen molar-refractivity contribution in [2.45, 2.75) is 12.7 Å². The number of aromatic nitrogens is 4. The lowest BCUT2D eigenvalue weighted by Crippen LogP contribution is -2.44. The van der Waals surface area contributed by atoms with Crippen LogP contribution in [0.1, 0.15) is 32.7 Å². The molecular weight excluding hydrogens is 495 g/mol. The van der Waals surface area contributed by atoms with Crippen LogP contribution in [0.15, 0.2) is 61.2 Å². The average molecular weight is 520 g/mol. The Hall–Kier alpha value is -4.27. The third-order valence-corrected chi connectivity index (χ3v) is 6.28. The Bertz CT molecular complexity index is 1530. The number of halogens is 3. The lowest BCUT2D eigenvalue weighted by Gasteiger charge is -2.33. The van der Waals surface area contributed by atoms with E-state index in [9.17, 15) is 18.0 Å². The summed E-state index contributed by atoms with van der Waals surface area (Å²) in [5, 5.41) is 6.83. The van der Waals surface area contributed by atoms with Gasteiger partial charge in [-0.3, -0.25) is 14.7 Å². The first-order chi connectivity index (χ1) is 18.3. The van der Waals surface area contributed by atoms with Crippen LogP contribution in [0.25, 0.3) is 5.65 Å². The van der Waals surface area contributed by atoms with Crippen molar-refractivity contribution in [3.8, 4) is 11.8 Å². The highest BCUT2D eigenvalue weighted by Crippen LogP contribution is 2.33. The molecule has 1 N–H and O–H groups in total. The fourth-order valence-corrected chi connectivity index (χ4v) is 4.20. The molecular formula is C27H24F3N7O. The number of rotatable bonds is 4. The van der Waals surface area contributed by atoms with Crippen molar-refractivity contribution in [2.24, 2.45) is 0 Å². The number of pyridine rings is 1. The minimum absolute atomic E-state index is 0.0901. The fourth-order valence-electron chi connectivity index (χ4n) is 4.20. The molecule has 1 aliphatic rings. The molecule has 3 aromatic heterocycles. The lowest BCUT2D eigenvalue weighted by atomic mass is 10.0. The minimum Gasteiger partial charge on any atom is -0.321 e. The number of benzene rings is 1. The lowest BCUT2D eigenvalue weighted by molar-refractivity contribution is -0.138. The number of anilines is 1. The van der Waals surface area contributed by atoms with Crippen LogP contribution in [0.3, 0.4) is 0 Å². The van der Waals surface area contributed by atoms with Crippen LogP contribution in [0, 0.1) is 11.8 Å². The standard InChI is InChI=1S/C27H24F3N7O/c1-35-9-11-36(12-10-35)18-21-6-5-20(14-24(21)27(28,29)30)26(38)34-22-13-19(15-31-16-22)4-7-23-17-32-25-3-2-8-33-37(23)25/h2-3,5-6,8,13-17H,9-12,18H2,1H3,(H,34,38). The van der Waals surface area contributed by atoms with E-state index in [1.54, 1.807) is 35.1 Å². The summed E-state index contributed by atoms with van der Waals surface area (Å²) in [6.45, 7) is 3.16. The molecule has 5 rings (SSSR count). The monoisotopic (exact) mass is 519 g/mol. The Morgan fingerprint density at radius 1 is 1.05 bits per heavy atom. The Balaban J connectivity index is 1.32. The van der Waals surface area contributed by atoms with Crippen molar-refractivity contribution in [1.82, 2.24) is 29.4 Å². The Labute approximate surface area is 217 Å². The van der Waals surface area contributed by atoms with E-state index in [0.29, 0.717) is 35.7 Å². The summed E-state index contributed by atoms with van der Waals surface area (Å²) in [4.78, 5) is 25.3. The van der Waals surface area contributed by atoms with Crippen molar-refractivity contribution < 1.29 is 18.0 Å². The van der Waals surface area contributed by atoms with Crippen molar-refractivity contribution in [3.63, 3.8) is 0 Å². The Morgan fingerprint density at radius 3 is 2.66 bits per heavy atom. The van der Waals surface area contributed by atoms with Crippen LogP contribution < -0.4 is 5.32 Å². The number of likely N-dealkylation sites (N-methyl/N-ethyl adjacent to an activating group) is 1. The molecule has 1 fully saturated rings. The average Bonchev–Trinajstić information content (AvgIpc) is 3.32. The second kappa shape index (κ2) is 10.6. The van der Waals surface area contributed by atoms with Crippen LogP contribution in [0.2, 0.25) is 0 Å². The molecule has 11 heteroatoms. The number of fused-ring (bicyclic) bond motifs is 1. The van der Waals surface area contributed by atoms with E-state index in [1.807, 2.05) is 11.9 Å². The quantitative estimate of drug-likeness (QED) is 0.416. The molecule has 0 radical (unpaired) electrons. The molecule has 0 atom stereocenters. The first-order valence-electron chi connectivity index (χ1n) is 11.9. The zero-order valence-electron chi connectivity index (χ0n) is 20.5. The maximum Gasteiger partial charge on any atom is 0.416 e. The zero-order chi connectivity index (χ0) is 26.7. The number of piperazine rings is 1. The number of imidazole rings is 1. The van der Waals surface area contributed by atoms with E-state index in [4.69, 9.17) is 0 Å². The number of hydrogen-bond acceptors (Lipinski definition) is 6. The Kier molecular flexibility index (Phi) is 7.09. The van der Waals surface area contributed by atoms with Gasteiger partial charge in [-0.25, -0.2) is 9.50 Å². The van der Waals surface area contributed by atoms with Crippen molar-refractivity contribution in [1.29, 1.82) is 0 Å². The molecule has 1 saturated heterocycles. The summed E-state index contributed by atoms with van der Waals surface area (Å²) in [6, 6.07) is 8.90. The van der Waals surface area contributed by atoms with Gasteiger partial charge in [0, 0.05) is 56.2 Å². The predicted molar refractivity (Wildman–Crippen MR) is 135 cm³/mol. The van der Waals surface area contributed by atoms with Crippen molar-refractivity contribution in [3.05, 3.63) is 89.1 Å². The number of hydrogen-bond donors (Lipinski definition) is 1. The SMILES string of the molecule is CN1CCN(Cc2ccc(C(=O)Nc3cncc(C#Cc4cnc5cccnn45)c3)cc2C(F)(F)F)CC1. The molecule has 38 heavy (non-hydrogen) atoms. The van der Waals surface area contributed by atoms with Crippen molar-refractivity contribution >= 4 is 17.2 Å². The zero-order valence-corrected chi connectivity index (χ0v) is 20.5. The van der Waals surface area contributed by atoms with Gasteiger partial charge in [-0.15, -0.1) is 0 Å². The molecule has 194 valence electrons. The van der Waals surface area contributed by atoms with E-state index in [-0.39, 0.29) is 17.7 Å². The predicted octanol–water partition coefficient (Wildman–Crippen LogP) is 3.54. The number of carbonyl (C=O) groups excluding carboxylic acids is 1. The van der Waals surface area contributed by atoms with Crippen LogP contribution in [-0.4, -0.2) is 68.5 Å². The summed E-state index contributed by atoms with van der Waals surface area (Å²) in [7, 11) is 1.99. The Morgan fingerprint density at radius 2 is 1.87 bits per heavy atom. The first-order valence-corrected chi connectivity index (χ1v) is 11.9. The van der Waals surface area contributed by atoms with E-state index in [0.717, 1.165) is 19.2 Å². The number of nitrogens with zero attached hydrogens (tertiary/aromatic N) is 6. The maximum absolute atomic E-state index is 13.9. The number of nitrogens with one attached hydrogen (secondary N) is 1. The third-order valence-electron chi connectivity index (χ3n) is 6.28. The molecule has 8 nitrogen and oxygen atoms in total. The smallest absolute Gasteiger partial charge is 0.321 e. The van der Waals surface area contributed by atoms with Crippen molar-refractivity contribution in [2.75, 3.05) is 38.5 Å². The van der Waals surface area contributed by atoms with Crippen LogP contribution in [0.5, 0.6) is 0 Å². The highest BCUT2D eigenvalue weighted by Gasteiger charge is 2.34. The molecule has 4 heterocycles. The van der Waals surface area contributed by atoms with Gasteiger partial charge in [-0.1, -0.05) is 12.0 Å². The van der Waals surface area contributed by atoms with Crippen LogP contribution in [-0.2, 0) is 12.7 Å². The number of carbonyl (C=O) groups is 1. The third kappa shape index (κ3) is 5.82. The van der Waals surface area contributed by atoms with Gasteiger partial charge < -0.3 is 10.2 Å². The molecule has 1 aliphatic heterocycles. The number of alkyl halides is 3. The molecule has 1 amide bonds. The summed E-state index contributed by atoms with van der Waals surface area (Å²) >= 11 is 0. The van der Waals surface area contributed by atoms with Gasteiger partial charge in [0.25, 0.3) is 5.91 Å². The number of amides is 1. The summed E-state index contributed by atoms with van der Waals surface area (Å²) in [5.41, 5.74) is 1.31. The van der Waals surface area contributed by atoms with Gasteiger partial charge in [0.05, 0.1) is 23.6 Å². The van der Waals surface area contributed by atoms with Gasteiger partial charge in [-0.2, -0.15) is 18.3 Å². The second-order valence-corrected chi connectivity index (χ2v) is 9.05.